The van der Waals surface area contributed by atoms with Gasteiger partial charge in [-0.3, -0.25) is 10.1 Å². The van der Waals surface area contributed by atoms with Crippen LogP contribution in [0, 0.1) is 10.1 Å². The van der Waals surface area contributed by atoms with Crippen LogP contribution in [0.15, 0.2) is 30.5 Å². The van der Waals surface area contributed by atoms with E-state index < -0.39 is 4.92 Å². The van der Waals surface area contributed by atoms with E-state index >= 15 is 0 Å². The Kier molecular flexibility index (Phi) is 3.43. The molecular formula is C12H9ClN2O3. The Bertz CT molecular complexity index is 641. The summed E-state index contributed by atoms with van der Waals surface area (Å²) in [5.74, 6) is 0.680. The summed E-state index contributed by atoms with van der Waals surface area (Å²) in [6.45, 7) is 0. The van der Waals surface area contributed by atoms with Crippen molar-refractivity contribution in [3.63, 3.8) is 0 Å². The molecule has 0 amide bonds. The minimum Gasteiger partial charge on any atom is -0.497 e. The number of benzene rings is 1. The number of aromatic nitrogens is 1. The molecule has 0 aliphatic carbocycles. The van der Waals surface area contributed by atoms with E-state index in [0.29, 0.717) is 16.8 Å². The fourth-order valence-corrected chi connectivity index (χ4v) is 1.73. The molecule has 0 spiro atoms. The largest absolute Gasteiger partial charge is 0.497 e. The van der Waals surface area contributed by atoms with Crippen LogP contribution < -0.4 is 4.74 Å². The maximum atomic E-state index is 10.3. The summed E-state index contributed by atoms with van der Waals surface area (Å²) in [5, 5.41) is 11.3. The first-order chi connectivity index (χ1) is 8.60. The van der Waals surface area contributed by atoms with Crippen LogP contribution in [0.3, 0.4) is 0 Å². The number of nitrogens with zero attached hydrogens (tertiary/aromatic N) is 2. The van der Waals surface area contributed by atoms with Crippen LogP contribution in [0.5, 0.6) is 5.75 Å². The van der Waals surface area contributed by atoms with Gasteiger partial charge < -0.3 is 4.74 Å². The molecule has 2 aromatic rings. The summed E-state index contributed by atoms with van der Waals surface area (Å²) in [6, 6.07) is 7.10. The van der Waals surface area contributed by atoms with Gasteiger partial charge in [0.1, 0.15) is 10.9 Å². The number of ether oxygens (including phenoxy) is 1. The fraction of sp³-hybridized carbons (Fsp3) is 0.0833. The third kappa shape index (κ3) is 2.57. The Morgan fingerprint density at radius 3 is 2.89 bits per heavy atom. The highest BCUT2D eigenvalue weighted by molar-refractivity contribution is 6.31. The van der Waals surface area contributed by atoms with E-state index in [0.717, 1.165) is 11.6 Å². The van der Waals surface area contributed by atoms with Gasteiger partial charge in [-0.15, -0.1) is 0 Å². The highest BCUT2D eigenvalue weighted by Gasteiger charge is 2.05. The van der Waals surface area contributed by atoms with Crippen molar-refractivity contribution in [1.82, 2.24) is 4.98 Å². The van der Waals surface area contributed by atoms with Gasteiger partial charge in [-0.05, 0) is 18.2 Å². The van der Waals surface area contributed by atoms with Crippen molar-refractivity contribution in [2.45, 2.75) is 0 Å². The molecule has 1 aromatic heterocycles. The molecule has 1 heterocycles. The second-order valence-corrected chi connectivity index (χ2v) is 3.89. The lowest BCUT2D eigenvalue weighted by Gasteiger charge is -2.04. The molecule has 1 aromatic carbocycles. The molecule has 0 saturated carbocycles. The van der Waals surface area contributed by atoms with E-state index in [1.807, 2.05) is 6.07 Å². The van der Waals surface area contributed by atoms with Crippen LogP contribution in [-0.4, -0.2) is 17.0 Å². The van der Waals surface area contributed by atoms with Crippen LogP contribution in [0.1, 0.15) is 5.56 Å². The van der Waals surface area contributed by atoms with Crippen molar-refractivity contribution in [3.05, 3.63) is 51.3 Å². The Morgan fingerprint density at radius 2 is 2.22 bits per heavy atom. The van der Waals surface area contributed by atoms with Gasteiger partial charge in [-0.1, -0.05) is 11.6 Å². The molecule has 0 aliphatic rings. The number of rotatable bonds is 3. The Balaban J connectivity index is 2.52. The van der Waals surface area contributed by atoms with Crippen LogP contribution in [0.4, 0.5) is 0 Å². The van der Waals surface area contributed by atoms with E-state index in [9.17, 15) is 10.1 Å². The van der Waals surface area contributed by atoms with Crippen LogP contribution in [-0.2, 0) is 0 Å². The second-order valence-electron chi connectivity index (χ2n) is 3.53. The molecular weight excluding hydrogens is 256 g/mol. The van der Waals surface area contributed by atoms with Gasteiger partial charge in [0.25, 0.3) is 0 Å². The highest BCUT2D eigenvalue weighted by atomic mass is 35.5. The highest BCUT2D eigenvalue weighted by Crippen LogP contribution is 2.24. The minimum atomic E-state index is -0.547. The molecule has 0 radical (unpaired) electrons. The van der Waals surface area contributed by atoms with E-state index in [1.54, 1.807) is 25.3 Å². The van der Waals surface area contributed by atoms with Crippen LogP contribution in [0.2, 0.25) is 5.15 Å². The zero-order chi connectivity index (χ0) is 13.1. The fourth-order valence-electron chi connectivity index (χ4n) is 1.52. The van der Waals surface area contributed by atoms with Crippen molar-refractivity contribution in [2.24, 2.45) is 0 Å². The average Bonchev–Trinajstić information content (AvgIpc) is 2.35. The average molecular weight is 265 g/mol. The first-order valence-electron chi connectivity index (χ1n) is 5.06. The topological polar surface area (TPSA) is 65.3 Å². The minimum absolute atomic E-state index is 0.217. The summed E-state index contributed by atoms with van der Waals surface area (Å²) >= 11 is 5.96. The lowest BCUT2D eigenvalue weighted by molar-refractivity contribution is -0.400. The summed E-state index contributed by atoms with van der Waals surface area (Å²) in [5.41, 5.74) is 1.18. The normalized spacial score (nSPS) is 11.0. The molecule has 0 N–H and O–H groups in total. The number of hydrogen-bond acceptors (Lipinski definition) is 4. The summed E-state index contributed by atoms with van der Waals surface area (Å²) in [6.07, 6.45) is 2.15. The van der Waals surface area contributed by atoms with Gasteiger partial charge in [0.05, 0.1) is 17.5 Å². The van der Waals surface area contributed by atoms with Crippen LogP contribution >= 0.6 is 11.6 Å². The molecule has 0 unspecified atom stereocenters. The molecule has 0 bridgehead atoms. The van der Waals surface area contributed by atoms with E-state index in [2.05, 4.69) is 4.98 Å². The van der Waals surface area contributed by atoms with Crippen molar-refractivity contribution in [1.29, 1.82) is 0 Å². The van der Waals surface area contributed by atoms with E-state index in [1.165, 1.54) is 6.08 Å². The lowest BCUT2D eigenvalue weighted by atomic mass is 10.1. The van der Waals surface area contributed by atoms with Gasteiger partial charge >= 0.3 is 0 Å². The molecule has 92 valence electrons. The molecule has 5 nitrogen and oxygen atoms in total. The maximum absolute atomic E-state index is 10.3. The van der Waals surface area contributed by atoms with Crippen molar-refractivity contribution < 1.29 is 9.66 Å². The molecule has 18 heavy (non-hydrogen) atoms. The second kappa shape index (κ2) is 5.01. The molecule has 0 fully saturated rings. The van der Waals surface area contributed by atoms with Gasteiger partial charge in [0, 0.05) is 23.1 Å². The van der Waals surface area contributed by atoms with Crippen molar-refractivity contribution >= 4 is 28.6 Å². The standard InChI is InChI=1S/C12H9ClN2O3/c1-18-10-3-2-8-6-9(4-5-15(16)17)12(13)14-11(8)7-10/h2-7H,1H3/b5-4+. The van der Waals surface area contributed by atoms with Gasteiger partial charge in [-0.2, -0.15) is 0 Å². The predicted octanol–water partition coefficient (Wildman–Crippen LogP) is 3.14. The molecule has 0 saturated heterocycles. The number of nitro groups is 1. The number of hydrogen-bond donors (Lipinski definition) is 0. The Labute approximate surface area is 108 Å². The van der Waals surface area contributed by atoms with Crippen molar-refractivity contribution in [3.8, 4) is 5.75 Å². The molecule has 2 rings (SSSR count). The zero-order valence-electron chi connectivity index (χ0n) is 9.46. The smallest absolute Gasteiger partial charge is 0.235 e. The first-order valence-corrected chi connectivity index (χ1v) is 5.44. The lowest BCUT2D eigenvalue weighted by Crippen LogP contribution is -1.88. The number of methoxy groups -OCH3 is 1. The quantitative estimate of drug-likeness (QED) is 0.485. The summed E-state index contributed by atoms with van der Waals surface area (Å²) in [4.78, 5) is 13.9. The van der Waals surface area contributed by atoms with Gasteiger partial charge in [0.2, 0.25) is 6.20 Å². The van der Waals surface area contributed by atoms with Gasteiger partial charge in [0.15, 0.2) is 0 Å². The third-order valence-electron chi connectivity index (χ3n) is 2.38. The van der Waals surface area contributed by atoms with Crippen LogP contribution in [0.25, 0.3) is 17.0 Å². The van der Waals surface area contributed by atoms with Gasteiger partial charge in [-0.25, -0.2) is 4.98 Å². The first kappa shape index (κ1) is 12.3. The molecule has 0 atom stereocenters. The Morgan fingerprint density at radius 1 is 1.44 bits per heavy atom. The van der Waals surface area contributed by atoms with E-state index in [-0.39, 0.29) is 5.15 Å². The Hall–Kier alpha value is -2.14. The predicted molar refractivity (Wildman–Crippen MR) is 69.3 cm³/mol. The summed E-state index contributed by atoms with van der Waals surface area (Å²) in [7, 11) is 1.57. The number of fused-ring (bicyclic) bond motifs is 1. The molecule has 6 heteroatoms. The molecule has 0 aliphatic heterocycles. The van der Waals surface area contributed by atoms with E-state index in [4.69, 9.17) is 16.3 Å². The number of pyridine rings is 1. The maximum Gasteiger partial charge on any atom is 0.235 e. The summed E-state index contributed by atoms with van der Waals surface area (Å²) < 4.78 is 5.08. The zero-order valence-corrected chi connectivity index (χ0v) is 10.2. The third-order valence-corrected chi connectivity index (χ3v) is 2.68. The SMILES string of the molecule is COc1ccc2cc(/C=C/[N+](=O)[O-])c(Cl)nc2c1. The van der Waals surface area contributed by atoms with Crippen molar-refractivity contribution in [2.75, 3.05) is 7.11 Å². The number of halogens is 1. The monoisotopic (exact) mass is 264 g/mol.